The zero-order chi connectivity index (χ0) is 17.3. The van der Waals surface area contributed by atoms with Crippen LogP contribution in [-0.4, -0.2) is 10.9 Å². The summed E-state index contributed by atoms with van der Waals surface area (Å²) in [4.78, 5) is 8.49. The number of nitrogen functional groups attached to an aromatic ring is 2. The Balaban J connectivity index is 2.23. The maximum Gasteiger partial charge on any atom is 0.211 e. The average Bonchev–Trinajstić information content (AvgIpc) is 2.55. The van der Waals surface area contributed by atoms with Gasteiger partial charge in [0.05, 0.1) is 5.69 Å². The molecule has 1 aromatic heterocycles. The molecule has 24 heavy (non-hydrogen) atoms. The number of benzene rings is 1. The summed E-state index contributed by atoms with van der Waals surface area (Å²) in [6.07, 6.45) is 1.76. The molecule has 0 saturated carbocycles. The van der Waals surface area contributed by atoms with Crippen molar-refractivity contribution in [3.63, 3.8) is 0 Å². The van der Waals surface area contributed by atoms with Gasteiger partial charge in [0.1, 0.15) is 35.1 Å². The Bertz CT molecular complexity index is 920. The Morgan fingerprint density at radius 1 is 1.21 bits per heavy atom. The van der Waals surface area contributed by atoms with E-state index in [9.17, 15) is 9.65 Å². The fourth-order valence-electron chi connectivity index (χ4n) is 2.47. The van der Waals surface area contributed by atoms with Gasteiger partial charge in [0.15, 0.2) is 6.19 Å². The van der Waals surface area contributed by atoms with Crippen molar-refractivity contribution in [2.24, 2.45) is 4.99 Å². The Hall–Kier alpha value is -3.85. The van der Waals surface area contributed by atoms with Crippen molar-refractivity contribution < 1.29 is 4.39 Å². The molecule has 1 atom stereocenters. The second-order valence-corrected chi connectivity index (χ2v) is 4.95. The second-order valence-electron chi connectivity index (χ2n) is 4.95. The molecule has 1 aliphatic rings. The van der Waals surface area contributed by atoms with E-state index >= 15 is 0 Å². The SMILES string of the molecule is N#CNC1=NC(c2ccc(F)cc2)c2c(nc(N)c(C#N)c2N)N1. The Kier molecular flexibility index (Phi) is 3.60. The first kappa shape index (κ1) is 15.1. The van der Waals surface area contributed by atoms with E-state index in [0.717, 1.165) is 0 Å². The molecule has 0 bridgehead atoms. The fourth-order valence-corrected chi connectivity index (χ4v) is 2.47. The molecule has 0 amide bonds. The number of nitrogens with one attached hydrogen (secondary N) is 2. The van der Waals surface area contributed by atoms with Gasteiger partial charge in [-0.25, -0.2) is 14.4 Å². The number of hydrogen-bond donors (Lipinski definition) is 4. The number of rotatable bonds is 1. The second kappa shape index (κ2) is 5.74. The predicted molar refractivity (Wildman–Crippen MR) is 85.8 cm³/mol. The topological polar surface area (TPSA) is 149 Å². The van der Waals surface area contributed by atoms with Gasteiger partial charge in [-0.15, -0.1) is 0 Å². The largest absolute Gasteiger partial charge is 0.397 e. The summed E-state index contributed by atoms with van der Waals surface area (Å²) in [5.74, 6) is 0.00657. The third-order valence-corrected chi connectivity index (χ3v) is 3.54. The fraction of sp³-hybridized carbons (Fsp3) is 0.0667. The molecule has 0 saturated heterocycles. The van der Waals surface area contributed by atoms with Crippen LogP contribution in [-0.2, 0) is 0 Å². The molecule has 8 nitrogen and oxygen atoms in total. The number of aliphatic imine (C=N–C) groups is 1. The molecule has 118 valence electrons. The smallest absolute Gasteiger partial charge is 0.211 e. The summed E-state index contributed by atoms with van der Waals surface area (Å²) in [7, 11) is 0. The summed E-state index contributed by atoms with van der Waals surface area (Å²) in [5, 5.41) is 23.2. The lowest BCUT2D eigenvalue weighted by Crippen LogP contribution is -2.32. The normalized spacial score (nSPS) is 15.3. The van der Waals surface area contributed by atoms with E-state index in [1.807, 2.05) is 6.07 Å². The Labute approximate surface area is 136 Å². The number of anilines is 3. The van der Waals surface area contributed by atoms with Gasteiger partial charge in [-0.1, -0.05) is 12.1 Å². The van der Waals surface area contributed by atoms with Crippen LogP contribution in [0.5, 0.6) is 0 Å². The maximum atomic E-state index is 13.2. The minimum Gasteiger partial charge on any atom is -0.397 e. The van der Waals surface area contributed by atoms with Crippen molar-refractivity contribution in [2.75, 3.05) is 16.8 Å². The van der Waals surface area contributed by atoms with E-state index in [-0.39, 0.29) is 28.8 Å². The van der Waals surface area contributed by atoms with Gasteiger partial charge in [0.25, 0.3) is 0 Å². The van der Waals surface area contributed by atoms with E-state index in [4.69, 9.17) is 16.7 Å². The molecule has 0 aliphatic carbocycles. The van der Waals surface area contributed by atoms with Gasteiger partial charge in [-0.05, 0) is 17.7 Å². The summed E-state index contributed by atoms with van der Waals surface area (Å²) in [6, 6.07) is 6.91. The summed E-state index contributed by atoms with van der Waals surface area (Å²) >= 11 is 0. The molecule has 3 rings (SSSR count). The molecule has 1 aliphatic heterocycles. The molecule has 0 spiro atoms. The van der Waals surface area contributed by atoms with Crippen LogP contribution in [0.1, 0.15) is 22.7 Å². The van der Waals surface area contributed by atoms with Crippen molar-refractivity contribution in [3.05, 3.63) is 46.8 Å². The Morgan fingerprint density at radius 2 is 1.92 bits per heavy atom. The third-order valence-electron chi connectivity index (χ3n) is 3.54. The quantitative estimate of drug-likeness (QED) is 0.455. The lowest BCUT2D eigenvalue weighted by molar-refractivity contribution is 0.626. The summed E-state index contributed by atoms with van der Waals surface area (Å²) in [5.41, 5.74) is 13.1. The van der Waals surface area contributed by atoms with Gasteiger partial charge in [-0.3, -0.25) is 5.32 Å². The van der Waals surface area contributed by atoms with E-state index < -0.39 is 11.9 Å². The average molecular weight is 322 g/mol. The molecule has 0 radical (unpaired) electrons. The minimum absolute atomic E-state index is 0.0303. The number of guanidine groups is 1. The van der Waals surface area contributed by atoms with Gasteiger partial charge >= 0.3 is 0 Å². The van der Waals surface area contributed by atoms with Crippen LogP contribution >= 0.6 is 0 Å². The van der Waals surface area contributed by atoms with Crippen LogP contribution < -0.4 is 22.1 Å². The van der Waals surface area contributed by atoms with Gasteiger partial charge in [0.2, 0.25) is 5.96 Å². The first-order chi connectivity index (χ1) is 11.5. The number of halogens is 1. The number of pyridine rings is 1. The highest BCUT2D eigenvalue weighted by atomic mass is 19.1. The molecule has 9 heteroatoms. The van der Waals surface area contributed by atoms with Crippen LogP contribution in [0, 0.1) is 28.6 Å². The van der Waals surface area contributed by atoms with Crippen LogP contribution in [0.3, 0.4) is 0 Å². The van der Waals surface area contributed by atoms with Crippen molar-refractivity contribution in [1.82, 2.24) is 10.3 Å². The number of fused-ring (bicyclic) bond motifs is 1. The molecule has 1 aromatic carbocycles. The lowest BCUT2D eigenvalue weighted by Gasteiger charge is -2.26. The van der Waals surface area contributed by atoms with Crippen molar-refractivity contribution in [2.45, 2.75) is 6.04 Å². The van der Waals surface area contributed by atoms with Gasteiger partial charge < -0.3 is 16.8 Å². The maximum absolute atomic E-state index is 13.2. The monoisotopic (exact) mass is 322 g/mol. The number of aromatic nitrogens is 1. The van der Waals surface area contributed by atoms with Crippen molar-refractivity contribution in [3.8, 4) is 12.3 Å². The number of nitriles is 2. The number of hydrogen-bond acceptors (Lipinski definition) is 8. The number of nitrogens with zero attached hydrogens (tertiary/aromatic N) is 4. The van der Waals surface area contributed by atoms with Gasteiger partial charge in [0, 0.05) is 5.56 Å². The van der Waals surface area contributed by atoms with Crippen molar-refractivity contribution >= 4 is 23.3 Å². The molecule has 2 heterocycles. The Morgan fingerprint density at radius 3 is 2.54 bits per heavy atom. The first-order valence-corrected chi connectivity index (χ1v) is 6.79. The molecular weight excluding hydrogens is 311 g/mol. The van der Waals surface area contributed by atoms with E-state index in [0.29, 0.717) is 11.1 Å². The molecular formula is C15H11FN8. The van der Waals surface area contributed by atoms with Crippen LogP contribution in [0.4, 0.5) is 21.7 Å². The highest BCUT2D eigenvalue weighted by Crippen LogP contribution is 2.40. The van der Waals surface area contributed by atoms with E-state index in [1.165, 1.54) is 12.1 Å². The first-order valence-electron chi connectivity index (χ1n) is 6.79. The van der Waals surface area contributed by atoms with E-state index in [1.54, 1.807) is 18.3 Å². The van der Waals surface area contributed by atoms with Crippen molar-refractivity contribution in [1.29, 1.82) is 10.5 Å². The molecule has 6 N–H and O–H groups in total. The minimum atomic E-state index is -0.669. The van der Waals surface area contributed by atoms with E-state index in [2.05, 4.69) is 20.6 Å². The molecule has 0 fully saturated rings. The zero-order valence-corrected chi connectivity index (χ0v) is 12.2. The number of nitrogens with two attached hydrogens (primary N) is 2. The predicted octanol–water partition coefficient (Wildman–Crippen LogP) is 1.20. The highest BCUT2D eigenvalue weighted by molar-refractivity contribution is 5.98. The third kappa shape index (κ3) is 2.40. The molecule has 2 aromatic rings. The summed E-state index contributed by atoms with van der Waals surface area (Å²) < 4.78 is 13.2. The van der Waals surface area contributed by atoms with Crippen LogP contribution in [0.25, 0.3) is 0 Å². The van der Waals surface area contributed by atoms with Crippen LogP contribution in [0.2, 0.25) is 0 Å². The highest BCUT2D eigenvalue weighted by Gasteiger charge is 2.29. The standard InChI is InChI=1S/C15H11FN8/c16-8-3-1-7(2-4-8)12-10-11(19)9(5-17)13(20)23-14(10)24-15(22-12)21-6-18/h1-4,12H,(H6,19,20,21,22,23,24). The lowest BCUT2D eigenvalue weighted by atomic mass is 9.95. The molecule has 1 unspecified atom stereocenters. The summed E-state index contributed by atoms with van der Waals surface area (Å²) in [6.45, 7) is 0. The zero-order valence-electron chi connectivity index (χ0n) is 12.2. The van der Waals surface area contributed by atoms with Crippen LogP contribution in [0.15, 0.2) is 29.3 Å². The van der Waals surface area contributed by atoms with Gasteiger partial charge in [-0.2, -0.15) is 10.5 Å².